The van der Waals surface area contributed by atoms with Crippen LogP contribution in [0, 0.1) is 0 Å². The topological polar surface area (TPSA) is 26.3 Å². The van der Waals surface area contributed by atoms with Gasteiger partial charge in [0, 0.05) is 6.08 Å². The minimum Gasteiger partial charge on any atom is -1.00 e. The van der Waals surface area contributed by atoms with Gasteiger partial charge in [0.1, 0.15) is 12.5 Å². The first-order valence-corrected chi connectivity index (χ1v) is 3.27. The molecule has 0 aromatic heterocycles. The number of rotatable bonds is 3. The molecule has 0 aliphatic carbocycles. The largest absolute Gasteiger partial charge is 1.00 e. The Kier molecular flexibility index (Phi) is 6.65. The minimum atomic E-state index is -0.435. The van der Waals surface area contributed by atoms with Crippen molar-refractivity contribution in [1.82, 2.24) is 0 Å². The maximum atomic E-state index is 10.5. The van der Waals surface area contributed by atoms with E-state index in [0.717, 1.165) is 6.08 Å². The first-order valence-electron chi connectivity index (χ1n) is 3.27. The van der Waals surface area contributed by atoms with Crippen LogP contribution in [0.1, 0.15) is 0 Å². The molecule has 70 valence electrons. The van der Waals surface area contributed by atoms with Gasteiger partial charge in [-0.05, 0) is 0 Å². The molecule has 0 fully saturated rings. The van der Waals surface area contributed by atoms with Crippen molar-refractivity contribution in [3.63, 3.8) is 0 Å². The summed E-state index contributed by atoms with van der Waals surface area (Å²) in [7, 11) is 5.87. The van der Waals surface area contributed by atoms with E-state index in [1.807, 2.05) is 21.1 Å². The molecule has 0 N–H and O–H groups in total. The zero-order chi connectivity index (χ0) is 8.91. The third kappa shape index (κ3) is 9.20. The number of hydrogen-bond donors (Lipinski definition) is 0. The van der Waals surface area contributed by atoms with Crippen LogP contribution in [0.4, 0.5) is 0 Å². The molecule has 0 spiro atoms. The van der Waals surface area contributed by atoms with Crippen molar-refractivity contribution in [3.05, 3.63) is 25.1 Å². The summed E-state index contributed by atoms with van der Waals surface area (Å²) in [5.74, 6) is -0.435. The molecule has 0 atom stereocenters. The van der Waals surface area contributed by atoms with Crippen molar-refractivity contribution in [2.75, 3.05) is 21.1 Å². The van der Waals surface area contributed by atoms with Crippen molar-refractivity contribution in [2.45, 2.75) is 0 Å². The third-order valence-electron chi connectivity index (χ3n) is 0.859. The lowest BCUT2D eigenvalue weighted by molar-refractivity contribution is -0.817. The standard InChI is InChI=1S/C8H14NO2.ClH/c1-5-8(10)11-7-6-9(2,3)4;/h5-7H,1H2,2-4H3;1H/q+1;/p-1. The van der Waals surface area contributed by atoms with Crippen molar-refractivity contribution < 1.29 is 26.4 Å². The number of esters is 1. The van der Waals surface area contributed by atoms with Gasteiger partial charge >= 0.3 is 5.97 Å². The fourth-order valence-corrected chi connectivity index (χ4v) is 0.328. The summed E-state index contributed by atoms with van der Waals surface area (Å²) in [6.07, 6.45) is 4.24. The average molecular weight is 192 g/mol. The Balaban J connectivity index is 0. The summed E-state index contributed by atoms with van der Waals surface area (Å²) in [6.45, 7) is 3.26. The third-order valence-corrected chi connectivity index (χ3v) is 0.859. The maximum Gasteiger partial charge on any atom is 0.335 e. The van der Waals surface area contributed by atoms with E-state index in [1.165, 1.54) is 6.26 Å². The van der Waals surface area contributed by atoms with Crippen molar-refractivity contribution in [3.8, 4) is 0 Å². The summed E-state index contributed by atoms with van der Waals surface area (Å²) in [6, 6.07) is 0. The lowest BCUT2D eigenvalue weighted by Gasteiger charge is -2.16. The van der Waals surface area contributed by atoms with Crippen LogP contribution >= 0.6 is 0 Å². The van der Waals surface area contributed by atoms with E-state index in [4.69, 9.17) is 0 Å². The molecule has 0 saturated carbocycles. The predicted octanol–water partition coefficient (Wildman–Crippen LogP) is -2.10. The zero-order valence-corrected chi connectivity index (χ0v) is 8.34. The molecule has 0 aliphatic heterocycles. The Bertz CT molecular complexity index is 182. The smallest absolute Gasteiger partial charge is 0.335 e. The van der Waals surface area contributed by atoms with Gasteiger partial charge in [-0.2, -0.15) is 0 Å². The highest BCUT2D eigenvalue weighted by atomic mass is 35.5. The maximum absolute atomic E-state index is 10.5. The van der Waals surface area contributed by atoms with E-state index in [0.29, 0.717) is 4.48 Å². The molecular formula is C8H14ClNO2. The SMILES string of the molecule is C=CC(=O)OC=C[N+](C)(C)C.[Cl-]. The lowest BCUT2D eigenvalue weighted by atomic mass is 10.6. The number of ether oxygens (including phenoxy) is 1. The Hall–Kier alpha value is -0.800. The first-order chi connectivity index (χ1) is 4.95. The minimum absolute atomic E-state index is 0. The van der Waals surface area contributed by atoms with E-state index in [2.05, 4.69) is 11.3 Å². The van der Waals surface area contributed by atoms with E-state index in [9.17, 15) is 4.79 Å². The normalized spacial score (nSPS) is 10.6. The second kappa shape index (κ2) is 5.80. The van der Waals surface area contributed by atoms with Gasteiger partial charge in [0.15, 0.2) is 0 Å². The predicted molar refractivity (Wildman–Crippen MR) is 43.5 cm³/mol. The second-order valence-electron chi connectivity index (χ2n) is 3.04. The van der Waals surface area contributed by atoms with Crippen LogP contribution in [-0.4, -0.2) is 31.6 Å². The summed E-state index contributed by atoms with van der Waals surface area (Å²) in [4.78, 5) is 10.5. The van der Waals surface area contributed by atoms with Crippen LogP contribution in [0.15, 0.2) is 25.1 Å². The molecule has 0 amide bonds. The van der Waals surface area contributed by atoms with Gasteiger partial charge < -0.3 is 21.6 Å². The molecule has 0 radical (unpaired) electrons. The molecular weight excluding hydrogens is 178 g/mol. The number of quaternary nitrogens is 1. The highest BCUT2D eigenvalue weighted by Crippen LogP contribution is 1.92. The number of carbonyl (C=O) groups is 1. The summed E-state index contributed by atoms with van der Waals surface area (Å²) < 4.78 is 5.23. The van der Waals surface area contributed by atoms with E-state index < -0.39 is 5.97 Å². The van der Waals surface area contributed by atoms with Crippen molar-refractivity contribution in [1.29, 1.82) is 0 Å². The molecule has 3 nitrogen and oxygen atoms in total. The summed E-state index contributed by atoms with van der Waals surface area (Å²) in [5.41, 5.74) is 0. The van der Waals surface area contributed by atoms with Gasteiger partial charge in [-0.1, -0.05) is 6.58 Å². The summed E-state index contributed by atoms with van der Waals surface area (Å²) in [5, 5.41) is 0. The monoisotopic (exact) mass is 191 g/mol. The molecule has 0 bridgehead atoms. The Morgan fingerprint density at radius 3 is 2.25 bits per heavy atom. The molecule has 0 heterocycles. The number of hydrogen-bond acceptors (Lipinski definition) is 2. The van der Waals surface area contributed by atoms with Gasteiger partial charge in [-0.15, -0.1) is 0 Å². The highest BCUT2D eigenvalue weighted by molar-refractivity contribution is 5.81. The number of nitrogens with zero attached hydrogens (tertiary/aromatic N) is 1. The molecule has 0 rings (SSSR count). The van der Waals surface area contributed by atoms with Gasteiger partial charge in [0.25, 0.3) is 0 Å². The van der Waals surface area contributed by atoms with Crippen LogP contribution in [0.3, 0.4) is 0 Å². The molecule has 0 saturated heterocycles. The molecule has 0 unspecified atom stereocenters. The van der Waals surface area contributed by atoms with Crippen LogP contribution in [-0.2, 0) is 9.53 Å². The van der Waals surface area contributed by atoms with Crippen molar-refractivity contribution >= 4 is 5.97 Å². The fourth-order valence-electron chi connectivity index (χ4n) is 0.328. The zero-order valence-electron chi connectivity index (χ0n) is 7.58. The lowest BCUT2D eigenvalue weighted by Crippen LogP contribution is -3.00. The van der Waals surface area contributed by atoms with E-state index in [1.54, 1.807) is 6.20 Å². The van der Waals surface area contributed by atoms with Gasteiger partial charge in [0.2, 0.25) is 0 Å². The Morgan fingerprint density at radius 2 is 1.92 bits per heavy atom. The fraction of sp³-hybridized carbons (Fsp3) is 0.375. The van der Waals surface area contributed by atoms with Gasteiger partial charge in [-0.3, -0.25) is 0 Å². The summed E-state index contributed by atoms with van der Waals surface area (Å²) >= 11 is 0. The quantitative estimate of drug-likeness (QED) is 0.221. The number of halogens is 1. The first kappa shape index (κ1) is 13.8. The molecule has 0 aromatic carbocycles. The van der Waals surface area contributed by atoms with Gasteiger partial charge in [0.05, 0.1) is 21.1 Å². The number of carbonyl (C=O) groups excluding carboxylic acids is 1. The van der Waals surface area contributed by atoms with Crippen LogP contribution in [0.5, 0.6) is 0 Å². The van der Waals surface area contributed by atoms with Crippen molar-refractivity contribution in [2.24, 2.45) is 0 Å². The van der Waals surface area contributed by atoms with Crippen LogP contribution in [0.25, 0.3) is 0 Å². The highest BCUT2D eigenvalue weighted by Gasteiger charge is 1.99. The van der Waals surface area contributed by atoms with Gasteiger partial charge in [-0.25, -0.2) is 4.79 Å². The Labute approximate surface area is 79.3 Å². The average Bonchev–Trinajstić information content (AvgIpc) is 1.85. The van der Waals surface area contributed by atoms with Crippen LogP contribution in [0.2, 0.25) is 0 Å². The molecule has 4 heteroatoms. The second-order valence-corrected chi connectivity index (χ2v) is 3.04. The van der Waals surface area contributed by atoms with E-state index >= 15 is 0 Å². The van der Waals surface area contributed by atoms with E-state index in [-0.39, 0.29) is 12.4 Å². The molecule has 0 aliphatic rings. The van der Waals surface area contributed by atoms with Crippen LogP contribution < -0.4 is 12.4 Å². The molecule has 0 aromatic rings. The Morgan fingerprint density at radius 1 is 1.42 bits per heavy atom. The molecule has 12 heavy (non-hydrogen) atoms.